The molecule has 178 valence electrons. The Morgan fingerprint density at radius 2 is 1.94 bits per heavy atom. The molecule has 0 aromatic carbocycles. The number of nitrogens with one attached hydrogen (secondary N) is 1. The lowest BCUT2D eigenvalue weighted by atomic mass is 10.1. The van der Waals surface area contributed by atoms with E-state index in [1.807, 2.05) is 40.6 Å². The Morgan fingerprint density at radius 3 is 2.63 bits per heavy atom. The van der Waals surface area contributed by atoms with Crippen molar-refractivity contribution in [2.24, 2.45) is 0 Å². The SMILES string of the molecule is Cc1cc(-c2cc(C(=O)NCc3ccnc(-n4ccnc4C)c3)c3cnn(C(C)C)c3n2)c(C)s1. The summed E-state index contributed by atoms with van der Waals surface area (Å²) in [7, 11) is 0. The Hall–Kier alpha value is -3.85. The molecule has 0 spiro atoms. The monoisotopic (exact) mass is 485 g/mol. The summed E-state index contributed by atoms with van der Waals surface area (Å²) in [6.07, 6.45) is 7.09. The molecule has 1 amide bonds. The van der Waals surface area contributed by atoms with E-state index in [4.69, 9.17) is 4.98 Å². The van der Waals surface area contributed by atoms with Crippen LogP contribution in [0.3, 0.4) is 0 Å². The maximum Gasteiger partial charge on any atom is 0.252 e. The molecule has 5 rings (SSSR count). The Kier molecular flexibility index (Phi) is 5.94. The maximum absolute atomic E-state index is 13.4. The fourth-order valence-electron chi connectivity index (χ4n) is 4.21. The number of hydrogen-bond donors (Lipinski definition) is 1. The van der Waals surface area contributed by atoms with Crippen molar-refractivity contribution in [2.75, 3.05) is 0 Å². The Bertz CT molecular complexity index is 1540. The third-order valence-electron chi connectivity index (χ3n) is 5.95. The number of fused-ring (bicyclic) bond motifs is 1. The summed E-state index contributed by atoms with van der Waals surface area (Å²) in [6, 6.07) is 7.99. The predicted octanol–water partition coefficient (Wildman–Crippen LogP) is 5.18. The molecule has 8 nitrogen and oxygen atoms in total. The van der Waals surface area contributed by atoms with Crippen LogP contribution in [0, 0.1) is 20.8 Å². The van der Waals surface area contributed by atoms with E-state index in [1.54, 1.807) is 29.9 Å². The summed E-state index contributed by atoms with van der Waals surface area (Å²) >= 11 is 1.73. The summed E-state index contributed by atoms with van der Waals surface area (Å²) in [6.45, 7) is 10.6. The van der Waals surface area contributed by atoms with Gasteiger partial charge >= 0.3 is 0 Å². The molecule has 0 unspecified atom stereocenters. The van der Waals surface area contributed by atoms with Gasteiger partial charge in [-0.1, -0.05) is 0 Å². The largest absolute Gasteiger partial charge is 0.348 e. The van der Waals surface area contributed by atoms with Crippen LogP contribution in [0.4, 0.5) is 0 Å². The lowest BCUT2D eigenvalue weighted by Crippen LogP contribution is -2.23. The van der Waals surface area contributed by atoms with Crippen molar-refractivity contribution in [3.63, 3.8) is 0 Å². The van der Waals surface area contributed by atoms with Crippen LogP contribution in [0.25, 0.3) is 28.1 Å². The quantitative estimate of drug-likeness (QED) is 0.358. The number of carbonyl (C=O) groups excluding carboxylic acids is 1. The van der Waals surface area contributed by atoms with Gasteiger partial charge < -0.3 is 5.32 Å². The van der Waals surface area contributed by atoms with Gasteiger partial charge in [0.2, 0.25) is 0 Å². The highest BCUT2D eigenvalue weighted by Gasteiger charge is 2.20. The van der Waals surface area contributed by atoms with Crippen LogP contribution in [0.5, 0.6) is 0 Å². The molecular weight excluding hydrogens is 458 g/mol. The van der Waals surface area contributed by atoms with E-state index in [0.717, 1.165) is 33.8 Å². The molecule has 0 saturated heterocycles. The van der Waals surface area contributed by atoms with Crippen LogP contribution in [0.2, 0.25) is 0 Å². The minimum Gasteiger partial charge on any atom is -0.348 e. The summed E-state index contributed by atoms with van der Waals surface area (Å²) in [5.74, 6) is 1.46. The number of hydrogen-bond acceptors (Lipinski definition) is 6. The summed E-state index contributed by atoms with van der Waals surface area (Å²) < 4.78 is 3.78. The molecule has 5 aromatic rings. The third-order valence-corrected chi connectivity index (χ3v) is 6.92. The molecule has 0 atom stereocenters. The van der Waals surface area contributed by atoms with Gasteiger partial charge in [-0.3, -0.25) is 9.36 Å². The molecule has 35 heavy (non-hydrogen) atoms. The standard InChI is InChI=1S/C26H27N7OS/c1-15(2)33-25-22(14-30-33)21(12-23(31-25)20-10-16(3)35-17(20)4)26(34)29-13-19-6-7-28-24(11-19)32-9-8-27-18(32)5/h6-12,14-15H,13H2,1-5H3,(H,29,34). The minimum absolute atomic E-state index is 0.123. The van der Waals surface area contributed by atoms with Gasteiger partial charge in [0.1, 0.15) is 11.6 Å². The van der Waals surface area contributed by atoms with Crippen molar-refractivity contribution in [1.82, 2.24) is 34.6 Å². The number of aromatic nitrogens is 6. The second-order valence-corrected chi connectivity index (χ2v) is 10.3. The van der Waals surface area contributed by atoms with Crippen LogP contribution >= 0.6 is 11.3 Å². The zero-order valence-corrected chi connectivity index (χ0v) is 21.2. The molecule has 5 heterocycles. The van der Waals surface area contributed by atoms with Gasteiger partial charge in [-0.05, 0) is 64.4 Å². The van der Waals surface area contributed by atoms with Crippen molar-refractivity contribution in [1.29, 1.82) is 0 Å². The fourth-order valence-corrected chi connectivity index (χ4v) is 5.14. The van der Waals surface area contributed by atoms with Gasteiger partial charge in [0.25, 0.3) is 5.91 Å². The summed E-state index contributed by atoms with van der Waals surface area (Å²) in [5.41, 5.74) is 4.07. The first kappa shape index (κ1) is 22.9. The number of amides is 1. The van der Waals surface area contributed by atoms with Crippen molar-refractivity contribution < 1.29 is 4.79 Å². The van der Waals surface area contributed by atoms with Gasteiger partial charge in [0, 0.05) is 46.5 Å². The fraction of sp³-hybridized carbons (Fsp3) is 0.269. The number of thiophene rings is 1. The summed E-state index contributed by atoms with van der Waals surface area (Å²) in [5, 5.41) is 8.35. The van der Waals surface area contributed by atoms with Crippen molar-refractivity contribution >= 4 is 28.3 Å². The number of carbonyl (C=O) groups is 1. The zero-order chi connectivity index (χ0) is 24.7. The number of imidazole rings is 1. The maximum atomic E-state index is 13.4. The number of aryl methyl sites for hydroxylation is 3. The topological polar surface area (TPSA) is 90.5 Å². The molecule has 0 saturated carbocycles. The molecule has 0 bridgehead atoms. The van der Waals surface area contributed by atoms with Crippen LogP contribution in [0.1, 0.15) is 51.4 Å². The van der Waals surface area contributed by atoms with E-state index in [2.05, 4.69) is 54.1 Å². The molecule has 5 aromatic heterocycles. The Balaban J connectivity index is 1.49. The Labute approximate surface area is 207 Å². The first-order valence-electron chi connectivity index (χ1n) is 11.5. The van der Waals surface area contributed by atoms with E-state index < -0.39 is 0 Å². The van der Waals surface area contributed by atoms with Crippen LogP contribution in [-0.2, 0) is 6.54 Å². The molecule has 0 aliphatic heterocycles. The van der Waals surface area contributed by atoms with Gasteiger partial charge in [-0.2, -0.15) is 5.10 Å². The molecule has 0 radical (unpaired) electrons. The highest BCUT2D eigenvalue weighted by atomic mass is 32.1. The number of nitrogens with zero attached hydrogens (tertiary/aromatic N) is 6. The first-order chi connectivity index (χ1) is 16.8. The molecule has 1 N–H and O–H groups in total. The first-order valence-corrected chi connectivity index (χ1v) is 12.3. The lowest BCUT2D eigenvalue weighted by Gasteiger charge is -2.12. The number of rotatable bonds is 6. The highest BCUT2D eigenvalue weighted by Crippen LogP contribution is 2.32. The average molecular weight is 486 g/mol. The third kappa shape index (κ3) is 4.35. The predicted molar refractivity (Wildman–Crippen MR) is 138 cm³/mol. The molecular formula is C26H27N7OS. The van der Waals surface area contributed by atoms with Crippen molar-refractivity contribution in [2.45, 2.75) is 47.2 Å². The van der Waals surface area contributed by atoms with Gasteiger partial charge in [0.15, 0.2) is 5.65 Å². The summed E-state index contributed by atoms with van der Waals surface area (Å²) in [4.78, 5) is 29.5. The van der Waals surface area contributed by atoms with Gasteiger partial charge in [0.05, 0.1) is 22.8 Å². The van der Waals surface area contributed by atoms with E-state index in [0.29, 0.717) is 17.8 Å². The van der Waals surface area contributed by atoms with Crippen LogP contribution in [-0.4, -0.2) is 35.2 Å². The normalized spacial score (nSPS) is 11.5. The van der Waals surface area contributed by atoms with E-state index >= 15 is 0 Å². The lowest BCUT2D eigenvalue weighted by molar-refractivity contribution is 0.0952. The van der Waals surface area contributed by atoms with Crippen LogP contribution < -0.4 is 5.32 Å². The van der Waals surface area contributed by atoms with Crippen molar-refractivity contribution in [3.8, 4) is 17.1 Å². The number of pyridine rings is 2. The second kappa shape index (κ2) is 9.07. The molecule has 0 aliphatic carbocycles. The van der Waals surface area contributed by atoms with E-state index in [9.17, 15) is 4.79 Å². The molecule has 0 aliphatic rings. The van der Waals surface area contributed by atoms with Gasteiger partial charge in [-0.25, -0.2) is 19.6 Å². The highest BCUT2D eigenvalue weighted by molar-refractivity contribution is 7.12. The molecule has 0 fully saturated rings. The van der Waals surface area contributed by atoms with E-state index in [1.165, 1.54) is 9.75 Å². The smallest absolute Gasteiger partial charge is 0.252 e. The minimum atomic E-state index is -0.163. The van der Waals surface area contributed by atoms with Crippen LogP contribution in [0.15, 0.2) is 49.1 Å². The average Bonchev–Trinajstić information content (AvgIpc) is 3.54. The second-order valence-electron chi connectivity index (χ2n) is 8.85. The molecule has 9 heteroatoms. The van der Waals surface area contributed by atoms with Gasteiger partial charge in [-0.15, -0.1) is 11.3 Å². The van der Waals surface area contributed by atoms with E-state index in [-0.39, 0.29) is 11.9 Å². The Morgan fingerprint density at radius 1 is 1.11 bits per heavy atom. The zero-order valence-electron chi connectivity index (χ0n) is 20.4. The van der Waals surface area contributed by atoms with Crippen molar-refractivity contribution in [3.05, 3.63) is 75.8 Å².